The topological polar surface area (TPSA) is 108 Å². The number of carbonyl (C=O) groups excluding carboxylic acids is 3. The summed E-state index contributed by atoms with van der Waals surface area (Å²) in [5.74, 6) is -1.38. The first-order valence-electron chi connectivity index (χ1n) is 10.9. The normalized spacial score (nSPS) is 17.8. The Morgan fingerprint density at radius 2 is 1.94 bits per heavy atom. The fourth-order valence-electron chi connectivity index (χ4n) is 3.51. The van der Waals surface area contributed by atoms with Gasteiger partial charge in [-0.25, -0.2) is 4.79 Å². The number of alkyl carbamates (subject to hydrolysis) is 1. The van der Waals surface area contributed by atoms with Gasteiger partial charge in [-0.3, -0.25) is 19.8 Å². The second-order valence-corrected chi connectivity index (χ2v) is 9.88. The molecule has 178 valence electrons. The minimum atomic E-state index is -1.23. The third-order valence-corrected chi connectivity index (χ3v) is 5.41. The van der Waals surface area contributed by atoms with E-state index < -0.39 is 35.7 Å². The quantitative estimate of drug-likeness (QED) is 0.569. The van der Waals surface area contributed by atoms with Gasteiger partial charge in [-0.05, 0) is 69.3 Å². The molecule has 0 unspecified atom stereocenters. The van der Waals surface area contributed by atoms with Crippen molar-refractivity contribution >= 4 is 29.5 Å². The third-order valence-electron chi connectivity index (χ3n) is 5.18. The molecule has 2 atom stereocenters. The zero-order chi connectivity index (χ0) is 24.1. The van der Waals surface area contributed by atoms with Gasteiger partial charge >= 0.3 is 6.09 Å². The molecule has 32 heavy (non-hydrogen) atoms. The van der Waals surface area contributed by atoms with Crippen LogP contribution in [0.15, 0.2) is 18.2 Å². The fourth-order valence-corrected chi connectivity index (χ4v) is 3.70. The van der Waals surface area contributed by atoms with Crippen LogP contribution in [0.4, 0.5) is 4.79 Å². The zero-order valence-electron chi connectivity index (χ0n) is 19.4. The molecule has 1 fully saturated rings. The molecular weight excluding hydrogens is 434 g/mol. The molecule has 0 aliphatic carbocycles. The van der Waals surface area contributed by atoms with Gasteiger partial charge in [0.15, 0.2) is 0 Å². The van der Waals surface area contributed by atoms with Gasteiger partial charge in [0.1, 0.15) is 11.7 Å². The van der Waals surface area contributed by atoms with Crippen LogP contribution < -0.4 is 10.6 Å². The number of aliphatic hydroxyl groups excluding tert-OH is 1. The van der Waals surface area contributed by atoms with Crippen molar-refractivity contribution < 1.29 is 24.2 Å². The molecule has 0 bridgehead atoms. The maximum Gasteiger partial charge on any atom is 0.407 e. The van der Waals surface area contributed by atoms with E-state index in [-0.39, 0.29) is 12.5 Å². The maximum atomic E-state index is 12.7. The summed E-state index contributed by atoms with van der Waals surface area (Å²) >= 11 is 6.20. The highest BCUT2D eigenvalue weighted by atomic mass is 35.5. The van der Waals surface area contributed by atoms with Crippen LogP contribution in [0.1, 0.15) is 58.6 Å². The highest BCUT2D eigenvalue weighted by Gasteiger charge is 2.33. The van der Waals surface area contributed by atoms with Crippen molar-refractivity contribution in [2.75, 3.05) is 6.54 Å². The van der Waals surface area contributed by atoms with Crippen LogP contribution in [0.3, 0.4) is 0 Å². The molecule has 1 aliphatic heterocycles. The van der Waals surface area contributed by atoms with Gasteiger partial charge in [-0.2, -0.15) is 0 Å². The second kappa shape index (κ2) is 11.1. The number of halogens is 1. The lowest BCUT2D eigenvalue weighted by molar-refractivity contribution is -0.139. The number of aliphatic hydroxyl groups is 1. The highest BCUT2D eigenvalue weighted by molar-refractivity contribution is 6.30. The maximum absolute atomic E-state index is 12.7. The summed E-state index contributed by atoms with van der Waals surface area (Å²) in [4.78, 5) is 38.8. The molecular formula is C23H34ClN3O5. The molecule has 1 aromatic rings. The number of hydrogen-bond acceptors (Lipinski definition) is 6. The number of rotatable bonds is 7. The van der Waals surface area contributed by atoms with E-state index in [0.29, 0.717) is 24.5 Å². The molecule has 0 radical (unpaired) electrons. The Kier molecular flexibility index (Phi) is 9.07. The van der Waals surface area contributed by atoms with Crippen LogP contribution in [0.25, 0.3) is 0 Å². The van der Waals surface area contributed by atoms with Crippen LogP contribution in [0.5, 0.6) is 0 Å². The first-order chi connectivity index (χ1) is 14.9. The monoisotopic (exact) mass is 467 g/mol. The molecule has 0 aromatic heterocycles. The summed E-state index contributed by atoms with van der Waals surface area (Å²) in [6.45, 7) is 10.2. The van der Waals surface area contributed by atoms with E-state index >= 15 is 0 Å². The Morgan fingerprint density at radius 1 is 1.25 bits per heavy atom. The summed E-state index contributed by atoms with van der Waals surface area (Å²) < 4.78 is 5.29. The van der Waals surface area contributed by atoms with Crippen molar-refractivity contribution in [1.29, 1.82) is 0 Å². The number of carbonyl (C=O) groups is 3. The molecule has 3 amide bonds. The van der Waals surface area contributed by atoms with Gasteiger partial charge < -0.3 is 15.2 Å². The van der Waals surface area contributed by atoms with E-state index in [1.165, 1.54) is 0 Å². The van der Waals surface area contributed by atoms with Crippen molar-refractivity contribution in [3.8, 4) is 0 Å². The van der Waals surface area contributed by atoms with Gasteiger partial charge in [-0.1, -0.05) is 31.5 Å². The van der Waals surface area contributed by atoms with E-state index in [0.717, 1.165) is 17.5 Å². The first-order valence-corrected chi connectivity index (χ1v) is 11.3. The molecule has 8 nitrogen and oxygen atoms in total. The smallest absolute Gasteiger partial charge is 0.407 e. The summed E-state index contributed by atoms with van der Waals surface area (Å²) in [6.07, 6.45) is -0.320. The zero-order valence-corrected chi connectivity index (χ0v) is 20.2. The minimum absolute atomic E-state index is 0.255. The lowest BCUT2D eigenvalue weighted by atomic mass is 10.1. The van der Waals surface area contributed by atoms with Crippen molar-refractivity contribution in [3.63, 3.8) is 0 Å². The molecule has 3 N–H and O–H groups in total. The van der Waals surface area contributed by atoms with Crippen molar-refractivity contribution in [2.24, 2.45) is 5.92 Å². The van der Waals surface area contributed by atoms with Crippen LogP contribution in [0.2, 0.25) is 5.02 Å². The number of benzene rings is 1. The molecule has 1 heterocycles. The lowest BCUT2D eigenvalue weighted by Gasteiger charge is -2.25. The number of nitrogens with one attached hydrogen (secondary N) is 2. The van der Waals surface area contributed by atoms with E-state index in [1.807, 2.05) is 17.0 Å². The van der Waals surface area contributed by atoms with Crippen LogP contribution >= 0.6 is 11.6 Å². The van der Waals surface area contributed by atoms with Gasteiger partial charge in [0.05, 0.1) is 6.04 Å². The Bertz CT molecular complexity index is 837. The largest absolute Gasteiger partial charge is 0.444 e. The van der Waals surface area contributed by atoms with Gasteiger partial charge in [0.2, 0.25) is 5.91 Å². The predicted molar refractivity (Wildman–Crippen MR) is 122 cm³/mol. The van der Waals surface area contributed by atoms with Crippen molar-refractivity contribution in [2.45, 2.75) is 78.3 Å². The average Bonchev–Trinajstić information content (AvgIpc) is 3.13. The van der Waals surface area contributed by atoms with E-state index in [1.54, 1.807) is 40.7 Å². The van der Waals surface area contributed by atoms with Crippen LogP contribution in [-0.2, 0) is 27.4 Å². The predicted octanol–water partition coefficient (Wildman–Crippen LogP) is 2.99. The number of ether oxygens (including phenoxy) is 1. The number of hydrogen-bond donors (Lipinski definition) is 3. The molecule has 2 rings (SSSR count). The number of imide groups is 1. The summed E-state index contributed by atoms with van der Waals surface area (Å²) in [7, 11) is 0. The molecule has 1 saturated heterocycles. The van der Waals surface area contributed by atoms with E-state index in [9.17, 15) is 19.5 Å². The number of likely N-dealkylation sites (tertiary alicyclic amines) is 1. The first kappa shape index (κ1) is 26.1. The van der Waals surface area contributed by atoms with Crippen LogP contribution in [0, 0.1) is 5.92 Å². The Morgan fingerprint density at radius 3 is 2.56 bits per heavy atom. The molecule has 1 aliphatic rings. The van der Waals surface area contributed by atoms with Gasteiger partial charge in [-0.15, -0.1) is 0 Å². The Hall–Kier alpha value is -2.16. The van der Waals surface area contributed by atoms with E-state index in [4.69, 9.17) is 16.3 Å². The molecule has 9 heteroatoms. The SMILES string of the molecule is CC(C)[C@@H](O)C(=O)NC(=O)[C@@H]1CCCN1Cc1cc(Cl)ccc1CNC(=O)OC(C)(C)C. The standard InChI is InChI=1S/C23H34ClN3O5/c1-14(2)19(28)21(30)26-20(29)18-7-6-10-27(18)13-16-11-17(24)9-8-15(16)12-25-22(31)32-23(3,4)5/h8-9,11,14,18-19,28H,6-7,10,12-13H2,1-5H3,(H,25,31)(H,26,29,30)/t18-,19+/m0/s1. The number of nitrogens with zero attached hydrogens (tertiary/aromatic N) is 1. The molecule has 0 spiro atoms. The van der Waals surface area contributed by atoms with Gasteiger partial charge in [0, 0.05) is 18.1 Å². The second-order valence-electron chi connectivity index (χ2n) is 9.44. The Balaban J connectivity index is 2.07. The van der Waals surface area contributed by atoms with Crippen molar-refractivity contribution in [1.82, 2.24) is 15.5 Å². The summed E-state index contributed by atoms with van der Waals surface area (Å²) in [6, 6.07) is 4.91. The molecule has 0 saturated carbocycles. The summed E-state index contributed by atoms with van der Waals surface area (Å²) in [5, 5.41) is 15.5. The highest BCUT2D eigenvalue weighted by Crippen LogP contribution is 2.24. The molecule has 1 aromatic carbocycles. The van der Waals surface area contributed by atoms with Crippen molar-refractivity contribution in [3.05, 3.63) is 34.3 Å². The lowest BCUT2D eigenvalue weighted by Crippen LogP contribution is -2.49. The summed E-state index contributed by atoms with van der Waals surface area (Å²) in [5.41, 5.74) is 1.14. The Labute approximate surface area is 194 Å². The average molecular weight is 468 g/mol. The minimum Gasteiger partial charge on any atom is -0.444 e. The number of amides is 3. The van der Waals surface area contributed by atoms with Gasteiger partial charge in [0.25, 0.3) is 5.91 Å². The van der Waals surface area contributed by atoms with E-state index in [2.05, 4.69) is 10.6 Å². The van der Waals surface area contributed by atoms with Crippen LogP contribution in [-0.4, -0.2) is 52.2 Å². The fraction of sp³-hybridized carbons (Fsp3) is 0.609. The third kappa shape index (κ3) is 7.76.